The van der Waals surface area contributed by atoms with E-state index in [0.717, 1.165) is 6.26 Å². The molecule has 0 aromatic heterocycles. The van der Waals surface area contributed by atoms with Crippen molar-refractivity contribution >= 4 is 15.9 Å². The number of nitrogens with zero attached hydrogens (tertiary/aromatic N) is 2. The Morgan fingerprint density at radius 3 is 2.41 bits per heavy atom. The molecular weight excluding hydrogens is 244 g/mol. The zero-order valence-electron chi connectivity index (χ0n) is 10.4. The molecule has 0 radical (unpaired) electrons. The highest BCUT2D eigenvalue weighted by atomic mass is 32.2. The third-order valence-electron chi connectivity index (χ3n) is 2.62. The maximum absolute atomic E-state index is 11.9. The quantitative estimate of drug-likeness (QED) is 0.672. The van der Waals surface area contributed by atoms with E-state index in [1.165, 1.54) is 4.31 Å². The van der Waals surface area contributed by atoms with Crippen molar-refractivity contribution in [1.82, 2.24) is 9.21 Å². The molecule has 0 saturated carbocycles. The van der Waals surface area contributed by atoms with Crippen molar-refractivity contribution in [3.8, 4) is 0 Å². The van der Waals surface area contributed by atoms with Crippen molar-refractivity contribution in [3.05, 3.63) is 0 Å². The van der Waals surface area contributed by atoms with E-state index in [-0.39, 0.29) is 12.5 Å². The summed E-state index contributed by atoms with van der Waals surface area (Å²) >= 11 is 0. The van der Waals surface area contributed by atoms with Crippen LogP contribution in [0.25, 0.3) is 0 Å². The van der Waals surface area contributed by atoms with Crippen molar-refractivity contribution in [1.29, 1.82) is 0 Å². The monoisotopic (exact) mass is 264 g/mol. The first-order chi connectivity index (χ1) is 7.95. The highest BCUT2D eigenvalue weighted by Crippen LogP contribution is 2.03. The van der Waals surface area contributed by atoms with Crippen LogP contribution < -0.4 is 0 Å². The maximum Gasteiger partial charge on any atom is 0.238 e. The molecule has 0 spiro atoms. The minimum absolute atomic E-state index is 0.0628. The summed E-state index contributed by atoms with van der Waals surface area (Å²) in [4.78, 5) is 13.5. The van der Waals surface area contributed by atoms with Crippen LogP contribution in [0.2, 0.25) is 0 Å². The molecule has 17 heavy (non-hydrogen) atoms. The van der Waals surface area contributed by atoms with E-state index in [4.69, 9.17) is 4.74 Å². The standard InChI is InChI=1S/C10H20N2O4S/c1-3-4-12(17(2,14)15)9-10(13)11-5-7-16-8-6-11/h3-9H2,1-2H3. The summed E-state index contributed by atoms with van der Waals surface area (Å²) in [5, 5.41) is 0. The first-order valence-corrected chi connectivity index (χ1v) is 7.60. The Hall–Kier alpha value is -0.660. The van der Waals surface area contributed by atoms with Gasteiger partial charge in [0, 0.05) is 19.6 Å². The topological polar surface area (TPSA) is 66.9 Å². The summed E-state index contributed by atoms with van der Waals surface area (Å²) in [6.07, 6.45) is 1.83. The molecule has 0 aromatic carbocycles. The SMILES string of the molecule is CCCN(CC(=O)N1CCOCC1)S(C)(=O)=O. The van der Waals surface area contributed by atoms with Crippen LogP contribution in [0.3, 0.4) is 0 Å². The molecule has 0 aromatic rings. The zero-order valence-corrected chi connectivity index (χ0v) is 11.2. The number of rotatable bonds is 5. The minimum Gasteiger partial charge on any atom is -0.378 e. The van der Waals surface area contributed by atoms with E-state index in [2.05, 4.69) is 0 Å². The van der Waals surface area contributed by atoms with E-state index in [9.17, 15) is 13.2 Å². The smallest absolute Gasteiger partial charge is 0.238 e. The highest BCUT2D eigenvalue weighted by molar-refractivity contribution is 7.88. The molecule has 1 saturated heterocycles. The predicted octanol–water partition coefficient (Wildman–Crippen LogP) is -0.483. The molecule has 1 amide bonds. The second-order valence-electron chi connectivity index (χ2n) is 4.09. The van der Waals surface area contributed by atoms with Crippen molar-refractivity contribution in [3.63, 3.8) is 0 Å². The lowest BCUT2D eigenvalue weighted by Crippen LogP contribution is -2.47. The van der Waals surface area contributed by atoms with E-state index in [1.54, 1.807) is 4.90 Å². The summed E-state index contributed by atoms with van der Waals surface area (Å²) in [7, 11) is -3.31. The maximum atomic E-state index is 11.9. The summed E-state index contributed by atoms with van der Waals surface area (Å²) < 4.78 is 29.3. The highest BCUT2D eigenvalue weighted by Gasteiger charge is 2.23. The Bertz CT molecular complexity index is 349. The molecule has 1 aliphatic rings. The van der Waals surface area contributed by atoms with Gasteiger partial charge in [-0.25, -0.2) is 8.42 Å². The zero-order chi connectivity index (χ0) is 12.9. The van der Waals surface area contributed by atoms with Crippen LogP contribution in [0.15, 0.2) is 0 Å². The molecule has 1 aliphatic heterocycles. The van der Waals surface area contributed by atoms with Crippen LogP contribution in [-0.4, -0.2) is 69.2 Å². The summed E-state index contributed by atoms with van der Waals surface area (Å²) in [6.45, 7) is 4.35. The normalized spacial score (nSPS) is 17.5. The van der Waals surface area contributed by atoms with Gasteiger partial charge in [-0.2, -0.15) is 4.31 Å². The molecule has 7 heteroatoms. The fourth-order valence-corrected chi connectivity index (χ4v) is 2.53. The average molecular weight is 264 g/mol. The van der Waals surface area contributed by atoms with Crippen LogP contribution in [0.1, 0.15) is 13.3 Å². The summed E-state index contributed by atoms with van der Waals surface area (Å²) in [5.74, 6) is -0.146. The number of carbonyl (C=O) groups excluding carboxylic acids is 1. The predicted molar refractivity (Wildman–Crippen MR) is 64.1 cm³/mol. The number of carbonyl (C=O) groups is 1. The molecule has 1 fully saturated rings. The molecule has 1 rings (SSSR count). The van der Waals surface area contributed by atoms with Crippen LogP contribution in [0, 0.1) is 0 Å². The van der Waals surface area contributed by atoms with Crippen molar-refractivity contribution < 1.29 is 17.9 Å². The lowest BCUT2D eigenvalue weighted by atomic mass is 10.4. The van der Waals surface area contributed by atoms with Crippen molar-refractivity contribution in [2.45, 2.75) is 13.3 Å². The first kappa shape index (κ1) is 14.4. The van der Waals surface area contributed by atoms with Crippen LogP contribution in [0.4, 0.5) is 0 Å². The van der Waals surface area contributed by atoms with Crippen LogP contribution in [0.5, 0.6) is 0 Å². The number of morpholine rings is 1. The second-order valence-corrected chi connectivity index (χ2v) is 6.07. The Balaban J connectivity index is 2.57. The molecule has 0 aliphatic carbocycles. The molecule has 0 N–H and O–H groups in total. The number of hydrogen-bond donors (Lipinski definition) is 0. The van der Waals surface area contributed by atoms with Crippen molar-refractivity contribution in [2.75, 3.05) is 45.6 Å². The van der Waals surface area contributed by atoms with Crippen LogP contribution in [-0.2, 0) is 19.6 Å². The molecule has 100 valence electrons. The Morgan fingerprint density at radius 2 is 1.94 bits per heavy atom. The van der Waals surface area contributed by atoms with Gasteiger partial charge >= 0.3 is 0 Å². The van der Waals surface area contributed by atoms with Crippen molar-refractivity contribution in [2.24, 2.45) is 0 Å². The average Bonchev–Trinajstić information content (AvgIpc) is 2.28. The van der Waals surface area contributed by atoms with E-state index < -0.39 is 10.0 Å². The van der Waals surface area contributed by atoms with Gasteiger partial charge in [0.1, 0.15) is 0 Å². The van der Waals surface area contributed by atoms with Gasteiger partial charge in [-0.3, -0.25) is 4.79 Å². The number of ether oxygens (including phenoxy) is 1. The lowest BCUT2D eigenvalue weighted by Gasteiger charge is -2.29. The molecule has 0 atom stereocenters. The fourth-order valence-electron chi connectivity index (χ4n) is 1.68. The van der Waals surface area contributed by atoms with Gasteiger partial charge in [-0.15, -0.1) is 0 Å². The van der Waals surface area contributed by atoms with Crippen LogP contribution >= 0.6 is 0 Å². The first-order valence-electron chi connectivity index (χ1n) is 5.75. The van der Waals surface area contributed by atoms with Gasteiger partial charge < -0.3 is 9.64 Å². The van der Waals surface area contributed by atoms with Gasteiger partial charge in [-0.1, -0.05) is 6.92 Å². The van der Waals surface area contributed by atoms with Gasteiger partial charge in [0.05, 0.1) is 26.0 Å². The van der Waals surface area contributed by atoms with E-state index in [0.29, 0.717) is 39.3 Å². The second kappa shape index (κ2) is 6.32. The molecule has 6 nitrogen and oxygen atoms in total. The molecule has 0 bridgehead atoms. The van der Waals surface area contributed by atoms with E-state index in [1.807, 2.05) is 6.92 Å². The van der Waals surface area contributed by atoms with Gasteiger partial charge in [0.25, 0.3) is 0 Å². The number of hydrogen-bond acceptors (Lipinski definition) is 4. The van der Waals surface area contributed by atoms with Gasteiger partial charge in [0.15, 0.2) is 0 Å². The summed E-state index contributed by atoms with van der Waals surface area (Å²) in [6, 6.07) is 0. The Labute approximate surface area is 103 Å². The Morgan fingerprint density at radius 1 is 1.35 bits per heavy atom. The lowest BCUT2D eigenvalue weighted by molar-refractivity contribution is -0.135. The van der Waals surface area contributed by atoms with Gasteiger partial charge in [0.2, 0.25) is 15.9 Å². The third-order valence-corrected chi connectivity index (χ3v) is 3.87. The number of amides is 1. The molecule has 1 heterocycles. The molecule has 0 unspecified atom stereocenters. The summed E-state index contributed by atoms with van der Waals surface area (Å²) in [5.41, 5.74) is 0. The fraction of sp³-hybridized carbons (Fsp3) is 0.900. The van der Waals surface area contributed by atoms with E-state index >= 15 is 0 Å². The Kier molecular flexibility index (Phi) is 5.35. The van der Waals surface area contributed by atoms with Gasteiger partial charge in [-0.05, 0) is 6.42 Å². The largest absolute Gasteiger partial charge is 0.378 e. The number of sulfonamides is 1. The molecular formula is C10H20N2O4S. The minimum atomic E-state index is -3.31. The third kappa shape index (κ3) is 4.61.